The highest BCUT2D eigenvalue weighted by atomic mass is 16.5. The van der Waals surface area contributed by atoms with Gasteiger partial charge in [0.1, 0.15) is 5.75 Å². The lowest BCUT2D eigenvalue weighted by Gasteiger charge is -2.06. The third-order valence-electron chi connectivity index (χ3n) is 1.70. The molecule has 0 spiro atoms. The molecule has 0 bridgehead atoms. The zero-order chi connectivity index (χ0) is 9.52. The van der Waals surface area contributed by atoms with E-state index in [1.165, 1.54) is 0 Å². The van der Waals surface area contributed by atoms with Crippen molar-refractivity contribution in [1.82, 2.24) is 10.3 Å². The van der Waals surface area contributed by atoms with Crippen molar-refractivity contribution in [2.45, 2.75) is 6.42 Å². The first-order valence-corrected chi connectivity index (χ1v) is 4.02. The van der Waals surface area contributed by atoms with E-state index in [1.54, 1.807) is 25.6 Å². The van der Waals surface area contributed by atoms with Crippen molar-refractivity contribution in [2.24, 2.45) is 0 Å². The van der Waals surface area contributed by atoms with Crippen LogP contribution in [0.1, 0.15) is 5.56 Å². The summed E-state index contributed by atoms with van der Waals surface area (Å²) in [5.41, 5.74) is 0.999. The summed E-state index contributed by atoms with van der Waals surface area (Å²) in [6, 6.07) is 1.80. The summed E-state index contributed by atoms with van der Waals surface area (Å²) in [5.74, 6) is 0.808. The average molecular weight is 180 g/mol. The number of rotatable bonds is 5. The molecule has 1 aromatic rings. The SMILES string of the molecule is COc1ccncc1CCNC=O. The number of ether oxygens (including phenoxy) is 1. The van der Waals surface area contributed by atoms with Gasteiger partial charge in [0, 0.05) is 24.5 Å². The average Bonchev–Trinajstić information content (AvgIpc) is 2.19. The van der Waals surface area contributed by atoms with Gasteiger partial charge >= 0.3 is 0 Å². The number of amides is 1. The van der Waals surface area contributed by atoms with Gasteiger partial charge in [-0.1, -0.05) is 0 Å². The van der Waals surface area contributed by atoms with E-state index in [2.05, 4.69) is 10.3 Å². The van der Waals surface area contributed by atoms with Crippen molar-refractivity contribution in [3.05, 3.63) is 24.0 Å². The highest BCUT2D eigenvalue weighted by molar-refractivity contribution is 5.46. The number of carbonyl (C=O) groups is 1. The first-order valence-electron chi connectivity index (χ1n) is 4.02. The zero-order valence-electron chi connectivity index (χ0n) is 7.49. The standard InChI is InChI=1S/C9H12N2O2/c1-13-9-3-5-10-6-8(9)2-4-11-7-12/h3,5-7H,2,4H2,1H3,(H,11,12). The summed E-state index contributed by atoms with van der Waals surface area (Å²) in [6.45, 7) is 0.603. The summed E-state index contributed by atoms with van der Waals surface area (Å²) in [4.78, 5) is 14.0. The van der Waals surface area contributed by atoms with Crippen LogP contribution in [0.5, 0.6) is 5.75 Å². The van der Waals surface area contributed by atoms with Crippen LogP contribution in [0.25, 0.3) is 0 Å². The van der Waals surface area contributed by atoms with Crippen LogP contribution in [0.15, 0.2) is 18.5 Å². The zero-order valence-corrected chi connectivity index (χ0v) is 7.49. The minimum Gasteiger partial charge on any atom is -0.496 e. The lowest BCUT2D eigenvalue weighted by Crippen LogP contribution is -2.14. The number of methoxy groups -OCH3 is 1. The van der Waals surface area contributed by atoms with Gasteiger partial charge in [-0.25, -0.2) is 0 Å². The molecule has 4 nitrogen and oxygen atoms in total. The van der Waals surface area contributed by atoms with Crippen LogP contribution in [0.2, 0.25) is 0 Å². The van der Waals surface area contributed by atoms with Crippen molar-refractivity contribution in [2.75, 3.05) is 13.7 Å². The molecule has 0 aliphatic rings. The molecule has 1 heterocycles. The predicted octanol–water partition coefficient (Wildman–Crippen LogP) is 0.379. The van der Waals surface area contributed by atoms with Crippen molar-refractivity contribution < 1.29 is 9.53 Å². The van der Waals surface area contributed by atoms with E-state index in [0.717, 1.165) is 17.7 Å². The van der Waals surface area contributed by atoms with Gasteiger partial charge in [0.2, 0.25) is 6.41 Å². The van der Waals surface area contributed by atoms with E-state index in [0.29, 0.717) is 13.0 Å². The highest BCUT2D eigenvalue weighted by Gasteiger charge is 2.00. The van der Waals surface area contributed by atoms with Gasteiger partial charge in [-0.05, 0) is 12.5 Å². The molecule has 1 N–H and O–H groups in total. The number of aromatic nitrogens is 1. The topological polar surface area (TPSA) is 51.2 Å². The summed E-state index contributed by atoms with van der Waals surface area (Å²) in [7, 11) is 1.62. The Kier molecular flexibility index (Phi) is 3.75. The summed E-state index contributed by atoms with van der Waals surface area (Å²) in [5, 5.41) is 2.58. The largest absolute Gasteiger partial charge is 0.496 e. The smallest absolute Gasteiger partial charge is 0.207 e. The number of pyridine rings is 1. The molecule has 0 unspecified atom stereocenters. The minimum atomic E-state index is 0.603. The Balaban J connectivity index is 2.58. The molecule has 13 heavy (non-hydrogen) atoms. The molecule has 0 radical (unpaired) electrons. The molecule has 1 amide bonds. The predicted molar refractivity (Wildman–Crippen MR) is 48.6 cm³/mol. The molecular weight excluding hydrogens is 168 g/mol. The minimum absolute atomic E-state index is 0.603. The van der Waals surface area contributed by atoms with Gasteiger partial charge in [0.05, 0.1) is 7.11 Å². The van der Waals surface area contributed by atoms with Gasteiger partial charge in [-0.3, -0.25) is 9.78 Å². The lowest BCUT2D eigenvalue weighted by atomic mass is 10.2. The second kappa shape index (κ2) is 5.13. The molecule has 0 saturated carbocycles. The monoisotopic (exact) mass is 180 g/mol. The van der Waals surface area contributed by atoms with Crippen LogP contribution in [0.3, 0.4) is 0 Å². The van der Waals surface area contributed by atoms with Crippen LogP contribution in [-0.2, 0) is 11.2 Å². The van der Waals surface area contributed by atoms with Gasteiger partial charge in [-0.15, -0.1) is 0 Å². The highest BCUT2D eigenvalue weighted by Crippen LogP contribution is 2.15. The van der Waals surface area contributed by atoms with Crippen LogP contribution >= 0.6 is 0 Å². The van der Waals surface area contributed by atoms with Gasteiger partial charge in [-0.2, -0.15) is 0 Å². The normalized spacial score (nSPS) is 9.31. The first-order chi connectivity index (χ1) is 6.38. The molecule has 0 atom stereocenters. The van der Waals surface area contributed by atoms with Crippen LogP contribution in [0, 0.1) is 0 Å². The van der Waals surface area contributed by atoms with E-state index in [-0.39, 0.29) is 0 Å². The first kappa shape index (κ1) is 9.51. The fourth-order valence-corrected chi connectivity index (χ4v) is 1.07. The molecule has 1 rings (SSSR count). The van der Waals surface area contributed by atoms with Gasteiger partial charge in [0.15, 0.2) is 0 Å². The van der Waals surface area contributed by atoms with Crippen molar-refractivity contribution in [3.63, 3.8) is 0 Å². The second-order valence-corrected chi connectivity index (χ2v) is 2.51. The molecule has 70 valence electrons. The summed E-state index contributed by atoms with van der Waals surface area (Å²) in [6.07, 6.45) is 4.83. The maximum absolute atomic E-state index is 9.99. The molecular formula is C9H12N2O2. The van der Waals surface area contributed by atoms with Gasteiger partial charge < -0.3 is 10.1 Å². The fourth-order valence-electron chi connectivity index (χ4n) is 1.07. The quantitative estimate of drug-likeness (QED) is 0.526. The van der Waals surface area contributed by atoms with E-state index in [1.807, 2.05) is 0 Å². The lowest BCUT2D eigenvalue weighted by molar-refractivity contribution is -0.109. The van der Waals surface area contributed by atoms with E-state index < -0.39 is 0 Å². The Morgan fingerprint density at radius 3 is 3.23 bits per heavy atom. The Bertz CT molecular complexity index is 276. The number of nitrogens with zero attached hydrogens (tertiary/aromatic N) is 1. The molecule has 0 aliphatic carbocycles. The summed E-state index contributed by atoms with van der Waals surface area (Å²) < 4.78 is 5.12. The Hall–Kier alpha value is -1.58. The number of hydrogen-bond acceptors (Lipinski definition) is 3. The molecule has 0 aliphatic heterocycles. The van der Waals surface area contributed by atoms with Crippen molar-refractivity contribution in [3.8, 4) is 5.75 Å². The Morgan fingerprint density at radius 2 is 2.54 bits per heavy atom. The number of hydrogen-bond donors (Lipinski definition) is 1. The van der Waals surface area contributed by atoms with Crippen molar-refractivity contribution >= 4 is 6.41 Å². The molecule has 1 aromatic heterocycles. The molecule has 0 saturated heterocycles. The maximum atomic E-state index is 9.99. The molecule has 4 heteroatoms. The summed E-state index contributed by atoms with van der Waals surface area (Å²) >= 11 is 0. The third-order valence-corrected chi connectivity index (χ3v) is 1.70. The number of nitrogens with one attached hydrogen (secondary N) is 1. The number of carbonyl (C=O) groups excluding carboxylic acids is 1. The molecule has 0 fully saturated rings. The Morgan fingerprint density at radius 1 is 1.69 bits per heavy atom. The fraction of sp³-hybridized carbons (Fsp3) is 0.333. The molecule has 0 aromatic carbocycles. The van der Waals surface area contributed by atoms with Crippen molar-refractivity contribution in [1.29, 1.82) is 0 Å². The van der Waals surface area contributed by atoms with Crippen LogP contribution in [-0.4, -0.2) is 25.0 Å². The van der Waals surface area contributed by atoms with Crippen LogP contribution < -0.4 is 10.1 Å². The van der Waals surface area contributed by atoms with E-state index in [4.69, 9.17) is 4.74 Å². The van der Waals surface area contributed by atoms with E-state index in [9.17, 15) is 4.79 Å². The maximum Gasteiger partial charge on any atom is 0.207 e. The van der Waals surface area contributed by atoms with Gasteiger partial charge in [0.25, 0.3) is 0 Å². The Labute approximate surface area is 76.9 Å². The van der Waals surface area contributed by atoms with Crippen LogP contribution in [0.4, 0.5) is 0 Å². The third kappa shape index (κ3) is 2.74. The van der Waals surface area contributed by atoms with E-state index >= 15 is 0 Å². The second-order valence-electron chi connectivity index (χ2n) is 2.51.